The molecule has 0 radical (unpaired) electrons. The Balaban J connectivity index is 3.04. The molecule has 72 valence electrons. The second-order valence-corrected chi connectivity index (χ2v) is 14.4. The van der Waals surface area contributed by atoms with Crippen LogP contribution in [-0.4, -0.2) is 20.3 Å². The summed E-state index contributed by atoms with van der Waals surface area (Å²) in [6.07, 6.45) is 8.29. The van der Waals surface area contributed by atoms with Crippen molar-refractivity contribution in [3.63, 3.8) is 0 Å². The minimum absolute atomic E-state index is 1.34. The second kappa shape index (κ2) is 10.2. The molecule has 0 saturated heterocycles. The number of unbranched alkanes of at least 4 members (excludes halogenated alkanes) is 4. The monoisotopic (exact) mass is 292 g/mol. The van der Waals surface area contributed by atoms with Gasteiger partial charge in [0.1, 0.15) is 0 Å². The first-order valence-electron chi connectivity index (χ1n) is 5.45. The molecule has 12 heavy (non-hydrogen) atoms. The Kier molecular flexibility index (Phi) is 11.2. The maximum atomic E-state index is 6.36. The first kappa shape index (κ1) is 13.2. The molecule has 0 aliphatic heterocycles. The van der Waals surface area contributed by atoms with Crippen molar-refractivity contribution in [1.29, 1.82) is 0 Å². The third-order valence-corrected chi connectivity index (χ3v) is 11.1. The fourth-order valence-corrected chi connectivity index (χ4v) is 8.45. The Labute approximate surface area is 89.2 Å². The first-order valence-corrected chi connectivity index (χ1v) is 14.3. The predicted molar refractivity (Wildman–Crippen MR) is 60.3 cm³/mol. The van der Waals surface area contributed by atoms with Gasteiger partial charge < -0.3 is 0 Å². The van der Waals surface area contributed by atoms with Gasteiger partial charge in [-0.05, 0) is 0 Å². The molecular weight excluding hydrogens is 270 g/mol. The Morgan fingerprint density at radius 2 is 1.25 bits per heavy atom. The summed E-state index contributed by atoms with van der Waals surface area (Å²) in [4.78, 5) is 0. The van der Waals surface area contributed by atoms with Crippen molar-refractivity contribution in [1.82, 2.24) is 0 Å². The van der Waals surface area contributed by atoms with Crippen LogP contribution in [0.1, 0.15) is 52.4 Å². The normalized spacial score (nSPS) is 10.2. The Bertz CT molecular complexity index is 75.9. The summed E-state index contributed by atoms with van der Waals surface area (Å²) in [5.74, 6) is 0. The van der Waals surface area contributed by atoms with Crippen LogP contribution in [0.3, 0.4) is 0 Å². The third-order valence-electron chi connectivity index (χ3n) is 2.24. The summed E-state index contributed by atoms with van der Waals surface area (Å²) in [6, 6.07) is 0. The maximum absolute atomic E-state index is 6.36. The second-order valence-electron chi connectivity index (χ2n) is 3.59. The number of halogens is 1. The van der Waals surface area contributed by atoms with Crippen LogP contribution in [0.4, 0.5) is 0 Å². The van der Waals surface area contributed by atoms with Gasteiger partial charge in [0.15, 0.2) is 0 Å². The van der Waals surface area contributed by atoms with E-state index in [2.05, 4.69) is 13.8 Å². The summed E-state index contributed by atoms with van der Waals surface area (Å²) in [6.45, 7) is 4.52. The van der Waals surface area contributed by atoms with Crippen LogP contribution in [0.15, 0.2) is 0 Å². The first-order chi connectivity index (χ1) is 5.81. The van der Waals surface area contributed by atoms with Gasteiger partial charge in [-0.2, -0.15) is 0 Å². The third kappa shape index (κ3) is 9.25. The van der Waals surface area contributed by atoms with Crippen molar-refractivity contribution >= 4 is 28.8 Å². The van der Waals surface area contributed by atoms with E-state index in [1.807, 2.05) is 0 Å². The molecule has 0 aromatic carbocycles. The summed E-state index contributed by atoms with van der Waals surface area (Å²) in [7, 11) is 6.36. The SMILES string of the molecule is CCCC[CH2][In]([Cl])[CH2]CCCC. The zero-order valence-corrected chi connectivity index (χ0v) is 12.7. The van der Waals surface area contributed by atoms with Crippen LogP contribution in [0, 0.1) is 0 Å². The van der Waals surface area contributed by atoms with Crippen molar-refractivity contribution in [3.8, 4) is 0 Å². The number of hydrogen-bond acceptors (Lipinski definition) is 0. The Hall–Kier alpha value is 1.16. The fourth-order valence-electron chi connectivity index (χ4n) is 1.38. The molecule has 0 aliphatic rings. The van der Waals surface area contributed by atoms with Crippen molar-refractivity contribution in [2.75, 3.05) is 0 Å². The minimum atomic E-state index is -1.43. The van der Waals surface area contributed by atoms with Gasteiger partial charge in [0.2, 0.25) is 0 Å². The van der Waals surface area contributed by atoms with Crippen LogP contribution >= 0.6 is 8.58 Å². The van der Waals surface area contributed by atoms with Crippen LogP contribution in [-0.2, 0) is 0 Å². The summed E-state index contributed by atoms with van der Waals surface area (Å²) in [5, 5.41) is 0. The molecule has 0 aromatic rings. The van der Waals surface area contributed by atoms with Crippen molar-refractivity contribution in [3.05, 3.63) is 0 Å². The van der Waals surface area contributed by atoms with Crippen molar-refractivity contribution in [2.24, 2.45) is 0 Å². The molecule has 0 amide bonds. The molecule has 2 heteroatoms. The molecule has 0 bridgehead atoms. The summed E-state index contributed by atoms with van der Waals surface area (Å²) in [5.41, 5.74) is 0. The van der Waals surface area contributed by atoms with Crippen LogP contribution < -0.4 is 0 Å². The average molecular weight is 293 g/mol. The predicted octanol–water partition coefficient (Wildman–Crippen LogP) is 4.60. The molecule has 0 saturated carbocycles. The van der Waals surface area contributed by atoms with Crippen molar-refractivity contribution in [2.45, 2.75) is 60.7 Å². The Morgan fingerprint density at radius 1 is 0.833 bits per heavy atom. The van der Waals surface area contributed by atoms with Crippen molar-refractivity contribution < 1.29 is 0 Å². The van der Waals surface area contributed by atoms with Gasteiger partial charge in [0, 0.05) is 0 Å². The average Bonchev–Trinajstić information content (AvgIpc) is 2.06. The van der Waals surface area contributed by atoms with E-state index in [9.17, 15) is 0 Å². The van der Waals surface area contributed by atoms with Gasteiger partial charge in [0.25, 0.3) is 0 Å². The van der Waals surface area contributed by atoms with Gasteiger partial charge in [-0.15, -0.1) is 0 Å². The van der Waals surface area contributed by atoms with Gasteiger partial charge in [0.05, 0.1) is 0 Å². The van der Waals surface area contributed by atoms with E-state index in [1.54, 1.807) is 0 Å². The fraction of sp³-hybridized carbons (Fsp3) is 1.00. The standard InChI is InChI=1S/2C5H11.ClH.In/c2*1-3-5-4-2;;/h2*1,3-5H2,2H3;1H;/q;;;+1/p-1. The zero-order chi connectivity index (χ0) is 9.23. The molecule has 0 N–H and O–H groups in total. The van der Waals surface area contributed by atoms with E-state index in [4.69, 9.17) is 8.58 Å². The molecule has 0 fully saturated rings. The van der Waals surface area contributed by atoms with E-state index in [0.29, 0.717) is 0 Å². The summed E-state index contributed by atoms with van der Waals surface area (Å²) >= 11 is -1.43. The zero-order valence-electron chi connectivity index (χ0n) is 8.61. The van der Waals surface area contributed by atoms with E-state index in [-0.39, 0.29) is 0 Å². The van der Waals surface area contributed by atoms with Crippen LogP contribution in [0.2, 0.25) is 8.35 Å². The molecule has 0 aromatic heterocycles. The van der Waals surface area contributed by atoms with Gasteiger partial charge in [-0.3, -0.25) is 0 Å². The van der Waals surface area contributed by atoms with E-state index in [0.717, 1.165) is 0 Å². The van der Waals surface area contributed by atoms with Gasteiger partial charge in [-0.1, -0.05) is 0 Å². The quantitative estimate of drug-likeness (QED) is 0.574. The molecule has 0 atom stereocenters. The topological polar surface area (TPSA) is 0 Å². The number of hydrogen-bond donors (Lipinski definition) is 0. The molecule has 0 spiro atoms. The Morgan fingerprint density at radius 3 is 1.58 bits per heavy atom. The molecule has 0 aliphatic carbocycles. The molecule has 0 heterocycles. The van der Waals surface area contributed by atoms with Gasteiger partial charge in [-0.25, -0.2) is 0 Å². The van der Waals surface area contributed by atoms with E-state index in [1.165, 1.54) is 46.9 Å². The van der Waals surface area contributed by atoms with E-state index >= 15 is 0 Å². The van der Waals surface area contributed by atoms with Gasteiger partial charge >= 0.3 is 89.6 Å². The number of rotatable bonds is 8. The molecular formula is C10H22ClIn. The molecule has 0 unspecified atom stereocenters. The van der Waals surface area contributed by atoms with Crippen LogP contribution in [0.5, 0.6) is 0 Å². The molecule has 0 rings (SSSR count). The summed E-state index contributed by atoms with van der Waals surface area (Å²) < 4.78 is 2.86. The van der Waals surface area contributed by atoms with E-state index < -0.39 is 20.3 Å². The van der Waals surface area contributed by atoms with Crippen LogP contribution in [0.25, 0.3) is 0 Å². The molecule has 0 nitrogen and oxygen atoms in total.